The number of carbonyl (C=O) groups is 1. The molecule has 1 unspecified atom stereocenters. The normalized spacial score (nSPS) is 14.6. The number of alkyl halides is 1. The van der Waals surface area contributed by atoms with Crippen LogP contribution in [0.3, 0.4) is 0 Å². The van der Waals surface area contributed by atoms with Crippen LogP contribution in [0.4, 0.5) is 9.18 Å². The van der Waals surface area contributed by atoms with Crippen LogP contribution in [0.5, 0.6) is 0 Å². The molecule has 0 fully saturated rings. The summed E-state index contributed by atoms with van der Waals surface area (Å²) >= 11 is 9.16. The Morgan fingerprint density at radius 2 is 2.10 bits per heavy atom. The molecule has 1 aromatic heterocycles. The van der Waals surface area contributed by atoms with E-state index in [0.29, 0.717) is 4.47 Å². The van der Waals surface area contributed by atoms with Crippen LogP contribution in [0, 0.1) is 0 Å². The summed E-state index contributed by atoms with van der Waals surface area (Å²) in [6, 6.07) is 1.55. The molecule has 0 aliphatic carbocycles. The van der Waals surface area contributed by atoms with E-state index >= 15 is 0 Å². The zero-order chi connectivity index (χ0) is 15.6. The van der Waals surface area contributed by atoms with E-state index in [1.807, 2.05) is 0 Å². The predicted octanol–water partition coefficient (Wildman–Crippen LogP) is 4.21. The second-order valence-corrected chi connectivity index (χ2v) is 6.86. The molecule has 7 heteroatoms. The van der Waals surface area contributed by atoms with Gasteiger partial charge in [-0.3, -0.25) is 4.98 Å². The lowest BCUT2D eigenvalue weighted by atomic mass is 10.0. The summed E-state index contributed by atoms with van der Waals surface area (Å²) in [6.45, 7) is 6.21. The van der Waals surface area contributed by atoms with E-state index < -0.39 is 17.4 Å². The largest absolute Gasteiger partial charge is 0.444 e. The first-order valence-electron chi connectivity index (χ1n) is 5.98. The van der Waals surface area contributed by atoms with Crippen molar-refractivity contribution < 1.29 is 13.9 Å². The van der Waals surface area contributed by atoms with Crippen molar-refractivity contribution in [2.45, 2.75) is 39.0 Å². The van der Waals surface area contributed by atoms with Crippen LogP contribution >= 0.6 is 27.5 Å². The lowest BCUT2D eigenvalue weighted by Gasteiger charge is -2.24. The van der Waals surface area contributed by atoms with Gasteiger partial charge >= 0.3 is 6.09 Å². The fourth-order valence-electron chi connectivity index (χ4n) is 1.43. The highest BCUT2D eigenvalue weighted by atomic mass is 79.9. The van der Waals surface area contributed by atoms with Crippen molar-refractivity contribution in [3.05, 3.63) is 27.5 Å². The van der Waals surface area contributed by atoms with Crippen molar-refractivity contribution >= 4 is 33.6 Å². The number of hydrogen-bond donors (Lipinski definition) is 1. The highest BCUT2D eigenvalue weighted by molar-refractivity contribution is 9.10. The fraction of sp³-hybridized carbons (Fsp3) is 0.538. The van der Waals surface area contributed by atoms with Gasteiger partial charge < -0.3 is 10.1 Å². The maximum atomic E-state index is 14.6. The second kappa shape index (κ2) is 6.26. The number of pyridine rings is 1. The van der Waals surface area contributed by atoms with Crippen molar-refractivity contribution in [3.63, 3.8) is 0 Å². The van der Waals surface area contributed by atoms with Gasteiger partial charge in [-0.15, -0.1) is 0 Å². The molecule has 1 aromatic rings. The highest BCUT2D eigenvalue weighted by Gasteiger charge is 2.31. The Bertz CT molecular complexity index is 504. The van der Waals surface area contributed by atoms with Gasteiger partial charge in [0.2, 0.25) is 0 Å². The smallest absolute Gasteiger partial charge is 0.407 e. The van der Waals surface area contributed by atoms with Crippen LogP contribution in [-0.4, -0.2) is 23.2 Å². The number of rotatable bonds is 3. The van der Waals surface area contributed by atoms with E-state index in [1.165, 1.54) is 13.1 Å². The molecule has 0 saturated heterocycles. The summed E-state index contributed by atoms with van der Waals surface area (Å²) in [4.78, 5) is 15.5. The SMILES string of the molecule is CC(C)(C)OC(=O)NCC(C)(F)c1ncc(Br)cc1Cl. The summed E-state index contributed by atoms with van der Waals surface area (Å²) < 4.78 is 20.3. The number of carbonyl (C=O) groups excluding carboxylic acids is 1. The molecule has 0 saturated carbocycles. The molecule has 1 rings (SSSR count). The number of amides is 1. The molecule has 1 N–H and O–H groups in total. The van der Waals surface area contributed by atoms with Gasteiger partial charge in [-0.25, -0.2) is 9.18 Å². The first kappa shape index (κ1) is 17.2. The minimum absolute atomic E-state index is 0.0680. The minimum atomic E-state index is -1.89. The van der Waals surface area contributed by atoms with E-state index in [9.17, 15) is 9.18 Å². The zero-order valence-corrected chi connectivity index (χ0v) is 14.1. The molecule has 1 heterocycles. The third-order valence-electron chi connectivity index (χ3n) is 2.27. The van der Waals surface area contributed by atoms with Crippen LogP contribution in [-0.2, 0) is 10.4 Å². The number of halogens is 3. The summed E-state index contributed by atoms with van der Waals surface area (Å²) in [5.41, 5.74) is -2.46. The third-order valence-corrected chi connectivity index (χ3v) is 2.99. The van der Waals surface area contributed by atoms with E-state index in [0.717, 1.165) is 0 Å². The molecule has 1 atom stereocenters. The maximum absolute atomic E-state index is 14.6. The highest BCUT2D eigenvalue weighted by Crippen LogP contribution is 2.30. The third kappa shape index (κ3) is 5.25. The summed E-state index contributed by atoms with van der Waals surface area (Å²) in [5, 5.41) is 2.56. The minimum Gasteiger partial charge on any atom is -0.444 e. The molecule has 0 aromatic carbocycles. The molecule has 20 heavy (non-hydrogen) atoms. The van der Waals surface area contributed by atoms with E-state index in [4.69, 9.17) is 16.3 Å². The Morgan fingerprint density at radius 1 is 1.50 bits per heavy atom. The monoisotopic (exact) mass is 366 g/mol. The number of nitrogens with zero attached hydrogens (tertiary/aromatic N) is 1. The molecular weight excluding hydrogens is 351 g/mol. The van der Waals surface area contributed by atoms with Gasteiger partial charge in [0, 0.05) is 10.7 Å². The molecule has 112 valence electrons. The Balaban J connectivity index is 2.72. The van der Waals surface area contributed by atoms with Crippen LogP contribution in [0.15, 0.2) is 16.7 Å². The Kier molecular flexibility index (Phi) is 5.38. The van der Waals surface area contributed by atoms with Gasteiger partial charge in [0.25, 0.3) is 0 Å². The summed E-state index contributed by atoms with van der Waals surface area (Å²) in [5.74, 6) is 0. The van der Waals surface area contributed by atoms with Crippen LogP contribution in [0.25, 0.3) is 0 Å². The van der Waals surface area contributed by atoms with Crippen LogP contribution in [0.1, 0.15) is 33.4 Å². The second-order valence-electron chi connectivity index (χ2n) is 5.54. The lowest BCUT2D eigenvalue weighted by molar-refractivity contribution is 0.0481. The van der Waals surface area contributed by atoms with Crippen molar-refractivity contribution in [1.82, 2.24) is 10.3 Å². The number of nitrogens with one attached hydrogen (secondary N) is 1. The van der Waals surface area contributed by atoms with Crippen LogP contribution in [0.2, 0.25) is 5.02 Å². The maximum Gasteiger partial charge on any atom is 0.407 e. The first-order valence-corrected chi connectivity index (χ1v) is 7.16. The average molecular weight is 368 g/mol. The average Bonchev–Trinajstić information content (AvgIpc) is 2.23. The molecule has 0 aliphatic rings. The van der Waals surface area contributed by atoms with Gasteiger partial charge in [-0.05, 0) is 49.7 Å². The van der Waals surface area contributed by atoms with E-state index in [1.54, 1.807) is 26.8 Å². The molecule has 4 nitrogen and oxygen atoms in total. The van der Waals surface area contributed by atoms with Crippen molar-refractivity contribution in [1.29, 1.82) is 0 Å². The summed E-state index contributed by atoms with van der Waals surface area (Å²) in [6.07, 6.45) is 0.765. The predicted molar refractivity (Wildman–Crippen MR) is 79.6 cm³/mol. The molecule has 0 bridgehead atoms. The zero-order valence-electron chi connectivity index (χ0n) is 11.8. The molecule has 1 amide bonds. The Hall–Kier alpha value is -0.880. The molecule has 0 radical (unpaired) electrons. The van der Waals surface area contributed by atoms with E-state index in [2.05, 4.69) is 26.2 Å². The number of aromatic nitrogens is 1. The summed E-state index contributed by atoms with van der Waals surface area (Å²) in [7, 11) is 0. The van der Waals surface area contributed by atoms with Crippen molar-refractivity contribution in [2.24, 2.45) is 0 Å². The van der Waals surface area contributed by atoms with Crippen molar-refractivity contribution in [2.75, 3.05) is 6.54 Å². The quantitative estimate of drug-likeness (QED) is 0.871. The molecule has 0 spiro atoms. The first-order chi connectivity index (χ1) is 9.01. The number of alkyl carbamates (subject to hydrolysis) is 1. The Morgan fingerprint density at radius 3 is 2.60 bits per heavy atom. The molecular formula is C13H17BrClFN2O2. The number of hydrogen-bond acceptors (Lipinski definition) is 3. The van der Waals surface area contributed by atoms with Gasteiger partial charge in [-0.2, -0.15) is 0 Å². The Labute approximate surface area is 131 Å². The standard InChI is InChI=1S/C13H17BrClFN2O2/c1-12(2,3)20-11(19)18-7-13(4,16)10-9(15)5-8(14)6-17-10/h5-6H,7H2,1-4H3,(H,18,19). The van der Waals surface area contributed by atoms with Crippen molar-refractivity contribution in [3.8, 4) is 0 Å². The van der Waals surface area contributed by atoms with E-state index in [-0.39, 0.29) is 17.3 Å². The molecule has 0 aliphatic heterocycles. The number of ether oxygens (including phenoxy) is 1. The van der Waals surface area contributed by atoms with Gasteiger partial charge in [-0.1, -0.05) is 11.6 Å². The topological polar surface area (TPSA) is 51.2 Å². The van der Waals surface area contributed by atoms with Gasteiger partial charge in [0.1, 0.15) is 5.60 Å². The fourth-order valence-corrected chi connectivity index (χ4v) is 2.26. The van der Waals surface area contributed by atoms with Gasteiger partial charge in [0.15, 0.2) is 5.67 Å². The lowest BCUT2D eigenvalue weighted by Crippen LogP contribution is -2.39. The van der Waals surface area contributed by atoms with Crippen LogP contribution < -0.4 is 5.32 Å². The van der Waals surface area contributed by atoms with Gasteiger partial charge in [0.05, 0.1) is 17.3 Å².